The highest BCUT2D eigenvalue weighted by molar-refractivity contribution is 5.72. The summed E-state index contributed by atoms with van der Waals surface area (Å²) < 4.78 is 5.29. The fourth-order valence-electron chi connectivity index (χ4n) is 2.18. The van der Waals surface area contributed by atoms with Crippen molar-refractivity contribution in [2.45, 2.75) is 12.5 Å². The summed E-state index contributed by atoms with van der Waals surface area (Å²) in [5.74, 6) is 0. The summed E-state index contributed by atoms with van der Waals surface area (Å²) in [5, 5.41) is 0. The number of nitrogens with two attached hydrogens (primary N) is 1. The Kier molecular flexibility index (Phi) is 2.88. The summed E-state index contributed by atoms with van der Waals surface area (Å²) >= 11 is 0. The number of hydrogen-bond donors (Lipinski definition) is 1. The number of primary amides is 1. The quantitative estimate of drug-likeness (QED) is 0.617. The lowest BCUT2D eigenvalue weighted by molar-refractivity contribution is 0.0192. The molecule has 0 radical (unpaired) electrons. The van der Waals surface area contributed by atoms with Gasteiger partial charge >= 0.3 is 6.03 Å². The molecule has 1 unspecified atom stereocenters. The number of amides is 2. The van der Waals surface area contributed by atoms with Gasteiger partial charge in [-0.15, -0.1) is 0 Å². The number of rotatable bonds is 1. The molecule has 5 nitrogen and oxygen atoms in total. The van der Waals surface area contributed by atoms with E-state index < -0.39 is 0 Å². The Hall–Kier alpha value is -0.810. The molecule has 0 aliphatic carbocycles. The third-order valence-electron chi connectivity index (χ3n) is 3.04. The standard InChI is InChI=1S/C9H17N3O2/c10-9(13)12-2-1-8(7-12)11-3-5-14-6-4-11/h8H,1-7H2,(H2,10,13). The van der Waals surface area contributed by atoms with Gasteiger partial charge in [0.25, 0.3) is 0 Å². The van der Waals surface area contributed by atoms with Crippen LogP contribution >= 0.6 is 0 Å². The molecular weight excluding hydrogens is 182 g/mol. The molecule has 5 heteroatoms. The lowest BCUT2D eigenvalue weighted by Gasteiger charge is -2.31. The van der Waals surface area contributed by atoms with Gasteiger partial charge in [-0.1, -0.05) is 0 Å². The molecule has 2 rings (SSSR count). The molecule has 0 aromatic heterocycles. The van der Waals surface area contributed by atoms with Crippen molar-refractivity contribution in [2.75, 3.05) is 39.4 Å². The van der Waals surface area contributed by atoms with E-state index in [1.165, 1.54) is 0 Å². The monoisotopic (exact) mass is 199 g/mol. The van der Waals surface area contributed by atoms with Crippen LogP contribution in [-0.2, 0) is 4.74 Å². The van der Waals surface area contributed by atoms with Crippen molar-refractivity contribution in [1.29, 1.82) is 0 Å². The van der Waals surface area contributed by atoms with Gasteiger partial charge < -0.3 is 15.4 Å². The molecule has 2 amide bonds. The van der Waals surface area contributed by atoms with Gasteiger partial charge in [0.1, 0.15) is 0 Å². The number of morpholine rings is 1. The normalized spacial score (nSPS) is 29.4. The third kappa shape index (κ3) is 1.99. The van der Waals surface area contributed by atoms with Crippen molar-refractivity contribution >= 4 is 6.03 Å². The minimum atomic E-state index is -0.291. The molecule has 2 saturated heterocycles. The first kappa shape index (κ1) is 9.73. The predicted molar refractivity (Wildman–Crippen MR) is 52.0 cm³/mol. The maximum atomic E-state index is 10.9. The molecule has 80 valence electrons. The summed E-state index contributed by atoms with van der Waals surface area (Å²) in [6.07, 6.45) is 1.04. The summed E-state index contributed by atoms with van der Waals surface area (Å²) in [6, 6.07) is 0.201. The third-order valence-corrected chi connectivity index (χ3v) is 3.04. The number of carbonyl (C=O) groups excluding carboxylic acids is 1. The summed E-state index contributed by atoms with van der Waals surface area (Å²) in [7, 11) is 0. The van der Waals surface area contributed by atoms with E-state index in [1.54, 1.807) is 4.90 Å². The highest BCUT2D eigenvalue weighted by Crippen LogP contribution is 2.16. The predicted octanol–water partition coefficient (Wildman–Crippen LogP) is -0.528. The second-order valence-corrected chi connectivity index (χ2v) is 3.88. The molecule has 2 N–H and O–H groups in total. The molecule has 2 aliphatic rings. The molecule has 0 aromatic carbocycles. The second-order valence-electron chi connectivity index (χ2n) is 3.88. The zero-order chi connectivity index (χ0) is 9.97. The van der Waals surface area contributed by atoms with Crippen molar-refractivity contribution < 1.29 is 9.53 Å². The minimum Gasteiger partial charge on any atom is -0.379 e. The molecule has 0 spiro atoms. The fraction of sp³-hybridized carbons (Fsp3) is 0.889. The molecule has 2 fully saturated rings. The van der Waals surface area contributed by atoms with E-state index in [4.69, 9.17) is 10.5 Å². The number of hydrogen-bond acceptors (Lipinski definition) is 3. The van der Waals surface area contributed by atoms with E-state index in [1.807, 2.05) is 0 Å². The molecule has 1 atom stereocenters. The van der Waals surface area contributed by atoms with Crippen LogP contribution in [0, 0.1) is 0 Å². The average molecular weight is 199 g/mol. The number of nitrogens with zero attached hydrogens (tertiary/aromatic N) is 2. The van der Waals surface area contributed by atoms with Crippen LogP contribution in [0.25, 0.3) is 0 Å². The van der Waals surface area contributed by atoms with Crippen LogP contribution in [0.5, 0.6) is 0 Å². The molecule has 14 heavy (non-hydrogen) atoms. The van der Waals surface area contributed by atoms with Gasteiger partial charge in [0.2, 0.25) is 0 Å². The first-order valence-electron chi connectivity index (χ1n) is 5.13. The van der Waals surface area contributed by atoms with E-state index in [0.717, 1.165) is 45.8 Å². The van der Waals surface area contributed by atoms with Crippen LogP contribution in [0.2, 0.25) is 0 Å². The molecular formula is C9H17N3O2. The van der Waals surface area contributed by atoms with Gasteiger partial charge in [0, 0.05) is 32.2 Å². The Morgan fingerprint density at radius 3 is 2.57 bits per heavy atom. The maximum Gasteiger partial charge on any atom is 0.314 e. The summed E-state index contributed by atoms with van der Waals surface area (Å²) in [4.78, 5) is 15.1. The van der Waals surface area contributed by atoms with Gasteiger partial charge in [-0.25, -0.2) is 4.79 Å². The van der Waals surface area contributed by atoms with Crippen molar-refractivity contribution in [2.24, 2.45) is 5.73 Å². The number of ether oxygens (including phenoxy) is 1. The van der Waals surface area contributed by atoms with E-state index in [-0.39, 0.29) is 6.03 Å². The summed E-state index contributed by atoms with van der Waals surface area (Å²) in [6.45, 7) is 5.18. The average Bonchev–Trinajstić information content (AvgIpc) is 2.68. The van der Waals surface area contributed by atoms with Crippen molar-refractivity contribution in [3.05, 3.63) is 0 Å². The van der Waals surface area contributed by atoms with Gasteiger partial charge in [-0.2, -0.15) is 0 Å². The zero-order valence-electron chi connectivity index (χ0n) is 8.32. The van der Waals surface area contributed by atoms with E-state index in [0.29, 0.717) is 6.04 Å². The molecule has 2 aliphatic heterocycles. The van der Waals surface area contributed by atoms with E-state index in [9.17, 15) is 4.79 Å². The van der Waals surface area contributed by atoms with Crippen LogP contribution in [0.4, 0.5) is 4.79 Å². The van der Waals surface area contributed by atoms with Crippen LogP contribution in [0.1, 0.15) is 6.42 Å². The van der Waals surface area contributed by atoms with Crippen LogP contribution in [0.15, 0.2) is 0 Å². The maximum absolute atomic E-state index is 10.9. The lowest BCUT2D eigenvalue weighted by Crippen LogP contribution is -2.45. The molecule has 0 bridgehead atoms. The van der Waals surface area contributed by atoms with Gasteiger partial charge in [0.15, 0.2) is 0 Å². The lowest BCUT2D eigenvalue weighted by atomic mass is 10.2. The topological polar surface area (TPSA) is 58.8 Å². The highest BCUT2D eigenvalue weighted by Gasteiger charge is 2.29. The molecule has 0 saturated carbocycles. The van der Waals surface area contributed by atoms with Crippen LogP contribution in [0.3, 0.4) is 0 Å². The largest absolute Gasteiger partial charge is 0.379 e. The second kappa shape index (κ2) is 4.14. The molecule has 2 heterocycles. The minimum absolute atomic E-state index is 0.291. The van der Waals surface area contributed by atoms with E-state index in [2.05, 4.69) is 4.90 Å². The number of likely N-dealkylation sites (tertiary alicyclic amines) is 1. The molecule has 0 aromatic rings. The summed E-state index contributed by atoms with van der Waals surface area (Å²) in [5.41, 5.74) is 5.23. The first-order chi connectivity index (χ1) is 6.77. The highest BCUT2D eigenvalue weighted by atomic mass is 16.5. The SMILES string of the molecule is NC(=O)N1CCC(N2CCOCC2)C1. The van der Waals surface area contributed by atoms with Crippen molar-refractivity contribution in [1.82, 2.24) is 9.80 Å². The fourth-order valence-corrected chi connectivity index (χ4v) is 2.18. The smallest absolute Gasteiger partial charge is 0.314 e. The van der Waals surface area contributed by atoms with E-state index >= 15 is 0 Å². The van der Waals surface area contributed by atoms with Gasteiger partial charge in [-0.05, 0) is 6.42 Å². The Morgan fingerprint density at radius 1 is 1.29 bits per heavy atom. The first-order valence-corrected chi connectivity index (χ1v) is 5.13. The number of urea groups is 1. The Balaban J connectivity index is 1.85. The Morgan fingerprint density at radius 2 is 2.00 bits per heavy atom. The van der Waals surface area contributed by atoms with Crippen LogP contribution < -0.4 is 5.73 Å². The number of carbonyl (C=O) groups is 1. The van der Waals surface area contributed by atoms with Gasteiger partial charge in [-0.3, -0.25) is 4.90 Å². The Labute approximate surface area is 83.8 Å². The van der Waals surface area contributed by atoms with Crippen LogP contribution in [-0.4, -0.2) is 61.3 Å². The zero-order valence-corrected chi connectivity index (χ0v) is 8.32. The Bertz CT molecular complexity index is 216. The van der Waals surface area contributed by atoms with Crippen molar-refractivity contribution in [3.8, 4) is 0 Å². The van der Waals surface area contributed by atoms with Crippen molar-refractivity contribution in [3.63, 3.8) is 0 Å². The van der Waals surface area contributed by atoms with Gasteiger partial charge in [0.05, 0.1) is 13.2 Å².